The molecule has 0 radical (unpaired) electrons. The van der Waals surface area contributed by atoms with Gasteiger partial charge in [-0.1, -0.05) is 24.3 Å². The highest BCUT2D eigenvalue weighted by Crippen LogP contribution is 2.23. The van der Waals surface area contributed by atoms with Gasteiger partial charge in [-0.2, -0.15) is 0 Å². The molecular formula is C16H18IN. The van der Waals surface area contributed by atoms with Gasteiger partial charge in [0.2, 0.25) is 0 Å². The van der Waals surface area contributed by atoms with Gasteiger partial charge in [0.05, 0.1) is 0 Å². The van der Waals surface area contributed by atoms with Crippen LogP contribution in [0.25, 0.3) is 0 Å². The number of aryl methyl sites for hydroxylation is 2. The Morgan fingerprint density at radius 3 is 2.33 bits per heavy atom. The minimum absolute atomic E-state index is 0.322. The van der Waals surface area contributed by atoms with Crippen LogP contribution in [0.4, 0.5) is 5.69 Å². The summed E-state index contributed by atoms with van der Waals surface area (Å²) < 4.78 is 1.27. The number of halogens is 1. The van der Waals surface area contributed by atoms with E-state index in [9.17, 15) is 0 Å². The highest BCUT2D eigenvalue weighted by molar-refractivity contribution is 14.1. The summed E-state index contributed by atoms with van der Waals surface area (Å²) in [5.74, 6) is 0. The molecule has 0 saturated carbocycles. The van der Waals surface area contributed by atoms with Crippen LogP contribution in [0.15, 0.2) is 42.5 Å². The van der Waals surface area contributed by atoms with E-state index in [1.165, 1.54) is 25.9 Å². The summed E-state index contributed by atoms with van der Waals surface area (Å²) in [5.41, 5.74) is 5.12. The molecule has 0 aromatic heterocycles. The van der Waals surface area contributed by atoms with Gasteiger partial charge in [0.25, 0.3) is 0 Å². The fraction of sp³-hybridized carbons (Fsp3) is 0.250. The molecular weight excluding hydrogens is 333 g/mol. The summed E-state index contributed by atoms with van der Waals surface area (Å²) in [7, 11) is 0. The predicted octanol–water partition coefficient (Wildman–Crippen LogP) is 5.08. The van der Waals surface area contributed by atoms with Gasteiger partial charge in [0.15, 0.2) is 0 Å². The number of rotatable bonds is 3. The molecule has 0 heterocycles. The molecule has 0 aliphatic carbocycles. The van der Waals surface area contributed by atoms with Crippen LogP contribution in [0.2, 0.25) is 0 Å². The van der Waals surface area contributed by atoms with Crippen molar-refractivity contribution in [3.8, 4) is 0 Å². The van der Waals surface area contributed by atoms with Crippen molar-refractivity contribution in [2.45, 2.75) is 26.8 Å². The van der Waals surface area contributed by atoms with Crippen molar-refractivity contribution in [1.29, 1.82) is 0 Å². The highest BCUT2D eigenvalue weighted by atomic mass is 127. The average molecular weight is 351 g/mol. The van der Waals surface area contributed by atoms with Crippen molar-refractivity contribution in [2.75, 3.05) is 5.32 Å². The van der Waals surface area contributed by atoms with Crippen LogP contribution < -0.4 is 5.32 Å². The van der Waals surface area contributed by atoms with Gasteiger partial charge in [-0.25, -0.2) is 0 Å². The molecule has 0 amide bonds. The van der Waals surface area contributed by atoms with Gasteiger partial charge in [-0.3, -0.25) is 0 Å². The van der Waals surface area contributed by atoms with Crippen LogP contribution in [-0.4, -0.2) is 0 Å². The third-order valence-electron chi connectivity index (χ3n) is 3.14. The second-order valence-electron chi connectivity index (χ2n) is 4.74. The molecule has 1 N–H and O–H groups in total. The van der Waals surface area contributed by atoms with E-state index in [4.69, 9.17) is 0 Å². The number of hydrogen-bond acceptors (Lipinski definition) is 1. The Hall–Kier alpha value is -1.03. The third-order valence-corrected chi connectivity index (χ3v) is 3.85. The molecule has 2 rings (SSSR count). The Labute approximate surface area is 123 Å². The first-order chi connectivity index (χ1) is 8.56. The number of benzene rings is 2. The van der Waals surface area contributed by atoms with Gasteiger partial charge in [-0.05, 0) is 78.3 Å². The van der Waals surface area contributed by atoms with Crippen molar-refractivity contribution in [3.63, 3.8) is 0 Å². The molecule has 18 heavy (non-hydrogen) atoms. The van der Waals surface area contributed by atoms with Crippen LogP contribution >= 0.6 is 22.6 Å². The number of anilines is 1. The Balaban J connectivity index is 2.18. The quantitative estimate of drug-likeness (QED) is 0.761. The minimum Gasteiger partial charge on any atom is -0.378 e. The van der Waals surface area contributed by atoms with Crippen molar-refractivity contribution in [3.05, 3.63) is 62.7 Å². The molecule has 1 atom stereocenters. The van der Waals surface area contributed by atoms with E-state index < -0.39 is 0 Å². The lowest BCUT2D eigenvalue weighted by atomic mass is 10.1. The van der Waals surface area contributed by atoms with Crippen molar-refractivity contribution in [1.82, 2.24) is 0 Å². The second kappa shape index (κ2) is 5.74. The molecule has 1 nitrogen and oxygen atoms in total. The van der Waals surface area contributed by atoms with Gasteiger partial charge < -0.3 is 5.32 Å². The lowest BCUT2D eigenvalue weighted by Gasteiger charge is -2.18. The van der Waals surface area contributed by atoms with E-state index in [2.05, 4.69) is 91.1 Å². The summed E-state index contributed by atoms with van der Waals surface area (Å²) in [4.78, 5) is 0. The number of hydrogen-bond donors (Lipinski definition) is 1. The SMILES string of the molecule is Cc1ccc(C)c(NC(C)c2ccc(I)cc2)c1. The van der Waals surface area contributed by atoms with Crippen LogP contribution in [0.5, 0.6) is 0 Å². The molecule has 2 aromatic carbocycles. The molecule has 0 aliphatic rings. The topological polar surface area (TPSA) is 12.0 Å². The van der Waals surface area contributed by atoms with E-state index in [0.717, 1.165) is 0 Å². The van der Waals surface area contributed by atoms with Gasteiger partial charge in [-0.15, -0.1) is 0 Å². The summed E-state index contributed by atoms with van der Waals surface area (Å²) in [6, 6.07) is 15.5. The predicted molar refractivity (Wildman–Crippen MR) is 87.1 cm³/mol. The first-order valence-electron chi connectivity index (χ1n) is 6.15. The van der Waals surface area contributed by atoms with Gasteiger partial charge >= 0.3 is 0 Å². The zero-order valence-electron chi connectivity index (χ0n) is 11.0. The standard InChI is InChI=1S/C16H18IN/c1-11-4-5-12(2)16(10-11)18-13(3)14-6-8-15(17)9-7-14/h4-10,13,18H,1-3H3. The first-order valence-corrected chi connectivity index (χ1v) is 7.23. The van der Waals surface area contributed by atoms with E-state index in [1.807, 2.05) is 0 Å². The summed E-state index contributed by atoms with van der Waals surface area (Å²) >= 11 is 2.33. The lowest BCUT2D eigenvalue weighted by molar-refractivity contribution is 0.882. The molecule has 0 aliphatic heterocycles. The van der Waals surface area contributed by atoms with Crippen LogP contribution in [-0.2, 0) is 0 Å². The zero-order chi connectivity index (χ0) is 13.1. The largest absolute Gasteiger partial charge is 0.378 e. The molecule has 0 spiro atoms. The van der Waals surface area contributed by atoms with Crippen LogP contribution in [0.3, 0.4) is 0 Å². The Morgan fingerprint density at radius 2 is 1.67 bits per heavy atom. The van der Waals surface area contributed by atoms with E-state index in [1.54, 1.807) is 0 Å². The van der Waals surface area contributed by atoms with Crippen molar-refractivity contribution < 1.29 is 0 Å². The zero-order valence-corrected chi connectivity index (χ0v) is 13.2. The fourth-order valence-electron chi connectivity index (χ4n) is 1.96. The molecule has 0 fully saturated rings. The third kappa shape index (κ3) is 3.25. The van der Waals surface area contributed by atoms with E-state index >= 15 is 0 Å². The van der Waals surface area contributed by atoms with E-state index in [-0.39, 0.29) is 0 Å². The molecule has 0 bridgehead atoms. The Kier molecular flexibility index (Phi) is 4.27. The highest BCUT2D eigenvalue weighted by Gasteiger charge is 2.06. The van der Waals surface area contributed by atoms with E-state index in [0.29, 0.717) is 6.04 Å². The van der Waals surface area contributed by atoms with Crippen LogP contribution in [0, 0.1) is 17.4 Å². The molecule has 1 unspecified atom stereocenters. The summed E-state index contributed by atoms with van der Waals surface area (Å²) in [6.45, 7) is 6.46. The first kappa shape index (κ1) is 13.4. The Bertz CT molecular complexity index is 531. The van der Waals surface area contributed by atoms with Gasteiger partial charge in [0.1, 0.15) is 0 Å². The molecule has 0 saturated heterocycles. The number of nitrogens with one attached hydrogen (secondary N) is 1. The molecule has 2 heteroatoms. The Morgan fingerprint density at radius 1 is 1.00 bits per heavy atom. The minimum atomic E-state index is 0.322. The molecule has 94 valence electrons. The summed E-state index contributed by atoms with van der Waals surface area (Å²) in [6.07, 6.45) is 0. The normalized spacial score (nSPS) is 12.2. The van der Waals surface area contributed by atoms with Gasteiger partial charge in [0, 0.05) is 15.3 Å². The maximum atomic E-state index is 3.58. The fourth-order valence-corrected chi connectivity index (χ4v) is 2.32. The van der Waals surface area contributed by atoms with Crippen LogP contribution in [0.1, 0.15) is 29.7 Å². The van der Waals surface area contributed by atoms with Crippen molar-refractivity contribution >= 4 is 28.3 Å². The maximum Gasteiger partial charge on any atom is 0.0485 e. The summed E-state index contributed by atoms with van der Waals surface area (Å²) in [5, 5.41) is 3.58. The average Bonchev–Trinajstić information content (AvgIpc) is 2.34. The maximum absolute atomic E-state index is 3.58. The van der Waals surface area contributed by atoms with Crippen molar-refractivity contribution in [2.24, 2.45) is 0 Å². The lowest BCUT2D eigenvalue weighted by Crippen LogP contribution is -2.07. The monoisotopic (exact) mass is 351 g/mol. The second-order valence-corrected chi connectivity index (χ2v) is 5.98. The smallest absolute Gasteiger partial charge is 0.0485 e. The molecule has 2 aromatic rings.